The smallest absolute Gasteiger partial charge is 0.336 e. The number of aryl methyl sites for hydroxylation is 1. The van der Waals surface area contributed by atoms with Crippen LogP contribution in [0.1, 0.15) is 136 Å². The Labute approximate surface area is 204 Å². The van der Waals surface area contributed by atoms with Gasteiger partial charge < -0.3 is 10.2 Å². The first kappa shape index (κ1) is 28.7. The van der Waals surface area contributed by atoms with Gasteiger partial charge in [0, 0.05) is 0 Å². The zero-order valence-corrected chi connectivity index (χ0v) is 21.8. The van der Waals surface area contributed by atoms with E-state index >= 15 is 0 Å². The summed E-state index contributed by atoms with van der Waals surface area (Å²) in [7, 11) is 0. The van der Waals surface area contributed by atoms with E-state index in [4.69, 9.17) is 0 Å². The highest BCUT2D eigenvalue weighted by Crippen LogP contribution is 2.25. The van der Waals surface area contributed by atoms with Crippen molar-refractivity contribution in [3.8, 4) is 0 Å². The minimum atomic E-state index is -1.67. The van der Waals surface area contributed by atoms with Crippen LogP contribution in [0, 0.1) is 3.57 Å². The number of unbranched alkanes of at least 4 members (excludes halogenated alkanes) is 15. The molecule has 182 valence electrons. The number of carbonyl (C=O) groups is 2. The molecule has 0 aliphatic rings. The van der Waals surface area contributed by atoms with Gasteiger partial charge in [-0.15, -0.1) is 0 Å². The molecule has 6 heteroatoms. The lowest BCUT2D eigenvalue weighted by molar-refractivity contribution is 0.0695. The van der Waals surface area contributed by atoms with E-state index in [0.29, 0.717) is 15.6 Å². The van der Waals surface area contributed by atoms with Crippen LogP contribution in [0.15, 0.2) is 12.1 Å². The highest BCUT2D eigenvalue weighted by molar-refractivity contribution is 14.1. The molecule has 0 fully saturated rings. The van der Waals surface area contributed by atoms with Crippen LogP contribution >= 0.6 is 21.2 Å². The molecule has 0 spiro atoms. The zero-order valence-electron chi connectivity index (χ0n) is 19.7. The number of hydrogen-bond donors (Lipinski definition) is 2. The van der Waals surface area contributed by atoms with Crippen LogP contribution in [0.3, 0.4) is 0 Å². The summed E-state index contributed by atoms with van der Waals surface area (Å²) in [5.41, 5.74) is 0.449. The molecular formula is C26H41IO5. The number of benzene rings is 1. The van der Waals surface area contributed by atoms with Crippen molar-refractivity contribution in [1.82, 2.24) is 0 Å². The third-order valence-electron chi connectivity index (χ3n) is 6.00. The van der Waals surface area contributed by atoms with Gasteiger partial charge in [0.05, 0.1) is 14.7 Å². The number of halogens is 1. The molecule has 0 radical (unpaired) electrons. The van der Waals surface area contributed by atoms with Gasteiger partial charge in [-0.05, 0) is 30.5 Å². The van der Waals surface area contributed by atoms with Crippen molar-refractivity contribution in [2.75, 3.05) is 0 Å². The predicted octanol–water partition coefficient (Wildman–Crippen LogP) is 8.37. The fourth-order valence-electron chi connectivity index (χ4n) is 4.10. The molecule has 0 aliphatic carbocycles. The maximum absolute atomic E-state index is 11.6. The second-order valence-corrected chi connectivity index (χ2v) is 10.3. The molecule has 0 aliphatic heterocycles. The van der Waals surface area contributed by atoms with Crippen LogP contribution in [0.4, 0.5) is 0 Å². The molecule has 1 aromatic carbocycles. The molecule has 0 saturated heterocycles. The van der Waals surface area contributed by atoms with E-state index in [1.54, 1.807) is 0 Å². The summed E-state index contributed by atoms with van der Waals surface area (Å²) in [4.78, 5) is 22.7. The summed E-state index contributed by atoms with van der Waals surface area (Å²) < 4.78 is 12.0. The van der Waals surface area contributed by atoms with Crippen LogP contribution in [-0.4, -0.2) is 22.2 Å². The summed E-state index contributed by atoms with van der Waals surface area (Å²) in [6, 6.07) is 2.61. The summed E-state index contributed by atoms with van der Waals surface area (Å²) in [5, 5.41) is 18.6. The van der Waals surface area contributed by atoms with Crippen LogP contribution in [0.5, 0.6) is 0 Å². The van der Waals surface area contributed by atoms with Gasteiger partial charge in [-0.1, -0.05) is 103 Å². The number of carboxylic acid groups (broad SMARTS) is 2. The monoisotopic (exact) mass is 560 g/mol. The Balaban J connectivity index is 2.15. The Morgan fingerprint density at radius 2 is 1.12 bits per heavy atom. The van der Waals surface area contributed by atoms with E-state index in [-0.39, 0.29) is 11.1 Å². The third kappa shape index (κ3) is 12.1. The first-order valence-electron chi connectivity index (χ1n) is 12.4. The molecule has 0 heterocycles. The summed E-state index contributed by atoms with van der Waals surface area (Å²) in [6.07, 6.45) is 21.1. The second-order valence-electron chi connectivity index (χ2n) is 8.74. The topological polar surface area (TPSA) is 91.7 Å². The van der Waals surface area contributed by atoms with Crippen molar-refractivity contribution in [3.63, 3.8) is 0 Å². The fraction of sp³-hybridized carbons (Fsp3) is 0.692. The zero-order chi connectivity index (χ0) is 23.6. The first-order chi connectivity index (χ1) is 15.5. The van der Waals surface area contributed by atoms with Gasteiger partial charge >= 0.3 is 11.9 Å². The lowest BCUT2D eigenvalue weighted by Gasteiger charge is -2.09. The molecule has 0 saturated carbocycles. The van der Waals surface area contributed by atoms with E-state index < -0.39 is 33.1 Å². The standard InChI is InChI=1S/C26H41IO5/c1-2-3-4-5-6-7-8-9-10-11-12-13-14-15-16-17-18-21-19-22(25(28)29)20-23(26(30)31)24(21)27-32/h19-20H,2-18H2,1H3,(H,28,29)(H,30,31). The molecule has 0 bridgehead atoms. The molecule has 5 nitrogen and oxygen atoms in total. The Hall–Kier alpha value is -1.31. The lowest BCUT2D eigenvalue weighted by Crippen LogP contribution is -2.08. The maximum Gasteiger partial charge on any atom is 0.336 e. The van der Waals surface area contributed by atoms with Crippen molar-refractivity contribution in [2.24, 2.45) is 0 Å². The van der Waals surface area contributed by atoms with E-state index in [1.807, 2.05) is 0 Å². The molecule has 1 rings (SSSR count). The Morgan fingerprint density at radius 1 is 0.688 bits per heavy atom. The number of carboxylic acids is 2. The Morgan fingerprint density at radius 3 is 1.50 bits per heavy atom. The second kappa shape index (κ2) is 18.2. The average Bonchev–Trinajstić information content (AvgIpc) is 2.77. The Bertz CT molecular complexity index is 702. The van der Waals surface area contributed by atoms with E-state index in [9.17, 15) is 22.9 Å². The SMILES string of the molecule is CCCCCCCCCCCCCCCCCCc1cc(C(=O)O)cc(C(=O)O)c1I=O. The summed E-state index contributed by atoms with van der Waals surface area (Å²) >= 11 is -1.67. The van der Waals surface area contributed by atoms with E-state index in [0.717, 1.165) is 25.3 Å². The molecule has 32 heavy (non-hydrogen) atoms. The molecular weight excluding hydrogens is 519 g/mol. The fourth-order valence-corrected chi connectivity index (χ4v) is 5.43. The van der Waals surface area contributed by atoms with Gasteiger partial charge in [-0.2, -0.15) is 0 Å². The van der Waals surface area contributed by atoms with Gasteiger partial charge in [-0.25, -0.2) is 9.59 Å². The van der Waals surface area contributed by atoms with Crippen LogP contribution in [0.2, 0.25) is 0 Å². The van der Waals surface area contributed by atoms with Gasteiger partial charge in [0.25, 0.3) is 0 Å². The molecule has 0 unspecified atom stereocenters. The molecule has 0 atom stereocenters. The lowest BCUT2D eigenvalue weighted by atomic mass is 10.00. The van der Waals surface area contributed by atoms with Crippen molar-refractivity contribution >= 4 is 33.1 Å². The van der Waals surface area contributed by atoms with Crippen LogP contribution in [0.25, 0.3) is 0 Å². The van der Waals surface area contributed by atoms with Crippen LogP contribution < -0.4 is 0 Å². The van der Waals surface area contributed by atoms with Gasteiger partial charge in [0.15, 0.2) is 21.2 Å². The van der Waals surface area contributed by atoms with Crippen molar-refractivity contribution in [2.45, 2.75) is 116 Å². The van der Waals surface area contributed by atoms with Gasteiger partial charge in [0.1, 0.15) is 0 Å². The number of hydrogen-bond acceptors (Lipinski definition) is 3. The normalized spacial score (nSPS) is 11.0. The van der Waals surface area contributed by atoms with Crippen LogP contribution in [-0.2, 0) is 9.49 Å². The van der Waals surface area contributed by atoms with Gasteiger partial charge in [0.2, 0.25) is 0 Å². The quantitative estimate of drug-likeness (QED) is 0.123. The Kier molecular flexibility index (Phi) is 16.3. The van der Waals surface area contributed by atoms with E-state index in [2.05, 4.69) is 6.92 Å². The highest BCUT2D eigenvalue weighted by Gasteiger charge is 2.19. The number of aromatic carboxylic acids is 2. The van der Waals surface area contributed by atoms with E-state index in [1.165, 1.54) is 89.5 Å². The minimum Gasteiger partial charge on any atom is -0.478 e. The predicted molar refractivity (Wildman–Crippen MR) is 137 cm³/mol. The van der Waals surface area contributed by atoms with Crippen molar-refractivity contribution < 1.29 is 22.9 Å². The average molecular weight is 561 g/mol. The first-order valence-corrected chi connectivity index (χ1v) is 14.4. The molecule has 1 aromatic rings. The number of rotatable bonds is 20. The minimum absolute atomic E-state index is 0.0462. The van der Waals surface area contributed by atoms with Gasteiger partial charge in [-0.3, -0.25) is 3.07 Å². The third-order valence-corrected chi connectivity index (χ3v) is 7.72. The highest BCUT2D eigenvalue weighted by atomic mass is 127. The maximum atomic E-state index is 11.6. The summed E-state index contributed by atoms with van der Waals surface area (Å²) in [5.74, 6) is -2.37. The molecule has 2 N–H and O–H groups in total. The summed E-state index contributed by atoms with van der Waals surface area (Å²) in [6.45, 7) is 2.26. The van der Waals surface area contributed by atoms with Crippen molar-refractivity contribution in [3.05, 3.63) is 32.4 Å². The van der Waals surface area contributed by atoms with Crippen molar-refractivity contribution in [1.29, 1.82) is 0 Å². The molecule has 0 amide bonds. The molecule has 0 aromatic heterocycles. The largest absolute Gasteiger partial charge is 0.478 e.